The van der Waals surface area contributed by atoms with Crippen molar-refractivity contribution in [1.29, 1.82) is 0 Å². The van der Waals surface area contributed by atoms with Crippen LogP contribution in [-0.4, -0.2) is 97.2 Å². The SMILES string of the molecule is CC(C)C[C@@H]1NC(=O)CNC(=O)[C@H](Cc2ccccc2)NC(=O)[C@H](CCCCN)NC(=O)[C@H](CC(C)C)NC(=O)[C@H](Cc2ccccc2)NC(=O)[C@H](CCCCN)NC1=O. The maximum Gasteiger partial charge on any atom is 0.243 e. The number of carbonyl (C=O) groups excluding carboxylic acids is 7. The molecule has 0 aromatic heterocycles. The first-order chi connectivity index (χ1) is 28.7. The van der Waals surface area contributed by atoms with Crippen LogP contribution in [0.4, 0.5) is 0 Å². The van der Waals surface area contributed by atoms with Crippen LogP contribution in [0.25, 0.3) is 0 Å². The van der Waals surface area contributed by atoms with Gasteiger partial charge in [-0.3, -0.25) is 33.6 Å². The lowest BCUT2D eigenvalue weighted by atomic mass is 9.99. The summed E-state index contributed by atoms with van der Waals surface area (Å²) in [5.41, 5.74) is 13.0. The van der Waals surface area contributed by atoms with Crippen molar-refractivity contribution >= 4 is 41.4 Å². The van der Waals surface area contributed by atoms with E-state index in [1.807, 2.05) is 52.0 Å². The zero-order chi connectivity index (χ0) is 44.0. The van der Waals surface area contributed by atoms with Gasteiger partial charge in [-0.1, -0.05) is 88.4 Å². The van der Waals surface area contributed by atoms with Crippen molar-refractivity contribution in [3.63, 3.8) is 0 Å². The number of benzene rings is 2. The van der Waals surface area contributed by atoms with E-state index in [2.05, 4.69) is 37.2 Å². The summed E-state index contributed by atoms with van der Waals surface area (Å²) in [6.07, 6.45) is 3.05. The van der Waals surface area contributed by atoms with E-state index >= 15 is 0 Å². The second kappa shape index (κ2) is 26.0. The first-order valence-corrected chi connectivity index (χ1v) is 21.3. The fraction of sp³-hybridized carbons (Fsp3) is 0.568. The normalized spacial score (nSPS) is 23.0. The second-order valence-electron chi connectivity index (χ2n) is 16.4. The molecule has 16 heteroatoms. The number of unbranched alkanes of at least 4 members (excludes halogenated alkanes) is 2. The predicted octanol–water partition coefficient (Wildman–Crippen LogP) is 0.861. The quantitative estimate of drug-likeness (QED) is 0.109. The third-order valence-corrected chi connectivity index (χ3v) is 10.1. The Morgan fingerprint density at radius 3 is 1.23 bits per heavy atom. The molecule has 1 aliphatic rings. The lowest BCUT2D eigenvalue weighted by Gasteiger charge is -2.28. The molecule has 7 amide bonds. The summed E-state index contributed by atoms with van der Waals surface area (Å²) in [7, 11) is 0. The van der Waals surface area contributed by atoms with Gasteiger partial charge in [0.25, 0.3) is 0 Å². The molecule has 330 valence electrons. The number of hydrogen-bond donors (Lipinski definition) is 9. The first kappa shape index (κ1) is 49.0. The molecule has 60 heavy (non-hydrogen) atoms. The molecule has 0 aliphatic carbocycles. The molecular weight excluding hydrogens is 767 g/mol. The van der Waals surface area contributed by atoms with E-state index in [-0.39, 0.29) is 50.4 Å². The zero-order valence-corrected chi connectivity index (χ0v) is 35.6. The van der Waals surface area contributed by atoms with Crippen LogP contribution in [0.1, 0.15) is 90.2 Å². The highest BCUT2D eigenvalue weighted by Crippen LogP contribution is 2.13. The number of nitrogens with two attached hydrogens (primary N) is 2. The van der Waals surface area contributed by atoms with E-state index in [0.29, 0.717) is 38.8 Å². The van der Waals surface area contributed by atoms with Gasteiger partial charge in [0, 0.05) is 12.8 Å². The Hall–Kier alpha value is -5.35. The van der Waals surface area contributed by atoms with Gasteiger partial charge < -0.3 is 48.7 Å². The first-order valence-electron chi connectivity index (χ1n) is 21.3. The molecular formula is C44H67N9O7. The molecule has 0 saturated carbocycles. The van der Waals surface area contributed by atoms with Crippen molar-refractivity contribution < 1.29 is 33.6 Å². The van der Waals surface area contributed by atoms with Crippen LogP contribution in [0.2, 0.25) is 0 Å². The van der Waals surface area contributed by atoms with Crippen LogP contribution in [0.3, 0.4) is 0 Å². The summed E-state index contributed by atoms with van der Waals surface area (Å²) >= 11 is 0. The lowest BCUT2D eigenvalue weighted by Crippen LogP contribution is -2.60. The zero-order valence-electron chi connectivity index (χ0n) is 35.6. The highest BCUT2D eigenvalue weighted by molar-refractivity contribution is 5.98. The van der Waals surface area contributed by atoms with Crippen LogP contribution in [0.5, 0.6) is 0 Å². The lowest BCUT2D eigenvalue weighted by molar-refractivity contribution is -0.135. The Balaban J connectivity index is 2.11. The van der Waals surface area contributed by atoms with Crippen molar-refractivity contribution in [2.45, 2.75) is 128 Å². The molecule has 0 radical (unpaired) electrons. The van der Waals surface area contributed by atoms with E-state index in [0.717, 1.165) is 11.1 Å². The summed E-state index contributed by atoms with van der Waals surface area (Å²) in [5.74, 6) is -4.58. The summed E-state index contributed by atoms with van der Waals surface area (Å²) in [6, 6.07) is 11.4. The second-order valence-corrected chi connectivity index (χ2v) is 16.4. The Kier molecular flexibility index (Phi) is 21.2. The molecule has 2 aromatic carbocycles. The van der Waals surface area contributed by atoms with Crippen molar-refractivity contribution in [1.82, 2.24) is 37.2 Å². The topological polar surface area (TPSA) is 256 Å². The Labute approximate surface area is 354 Å². The minimum atomic E-state index is -1.17. The Morgan fingerprint density at radius 1 is 0.467 bits per heavy atom. The highest BCUT2D eigenvalue weighted by Gasteiger charge is 2.34. The standard InChI is InChI=1S/C44H67N9O7/c1-28(2)23-34-42(58)49-33(20-12-14-22-46)41(57)53-37(26-31-17-9-6-10-18-31)44(60)51-35(24-29(3)4)43(59)50-32(19-11-13-21-45)40(56)52-36(25-30-15-7-5-8-16-30)39(55)47-27-38(54)48-34/h5-10,15-18,28-29,32-37H,11-14,19-27,45-46H2,1-4H3,(H,47,55)(H,48,54)(H,49,58)(H,50,59)(H,51,60)(H,52,56)(H,53,57)/t32-,33-,34-,35-,36-,37-/m0/s1. The van der Waals surface area contributed by atoms with Gasteiger partial charge in [-0.25, -0.2) is 0 Å². The largest absolute Gasteiger partial charge is 0.345 e. The van der Waals surface area contributed by atoms with Crippen molar-refractivity contribution in [3.05, 3.63) is 71.8 Å². The molecule has 0 unspecified atom stereocenters. The van der Waals surface area contributed by atoms with E-state index < -0.39 is 84.1 Å². The number of rotatable bonds is 16. The summed E-state index contributed by atoms with van der Waals surface area (Å²) in [6.45, 7) is 7.75. The van der Waals surface area contributed by atoms with E-state index in [1.165, 1.54) is 0 Å². The van der Waals surface area contributed by atoms with Gasteiger partial charge in [0.15, 0.2) is 0 Å². The average Bonchev–Trinajstić information content (AvgIpc) is 3.21. The van der Waals surface area contributed by atoms with Crippen molar-refractivity contribution in [2.75, 3.05) is 19.6 Å². The molecule has 1 aliphatic heterocycles. The molecule has 11 N–H and O–H groups in total. The number of hydrogen-bond acceptors (Lipinski definition) is 9. The van der Waals surface area contributed by atoms with Gasteiger partial charge in [-0.2, -0.15) is 0 Å². The van der Waals surface area contributed by atoms with Crippen LogP contribution in [0, 0.1) is 11.8 Å². The van der Waals surface area contributed by atoms with Gasteiger partial charge in [0.1, 0.15) is 36.3 Å². The molecule has 6 atom stereocenters. The predicted molar refractivity (Wildman–Crippen MR) is 230 cm³/mol. The van der Waals surface area contributed by atoms with Crippen molar-refractivity contribution in [3.8, 4) is 0 Å². The monoisotopic (exact) mass is 834 g/mol. The molecule has 1 fully saturated rings. The minimum absolute atomic E-state index is 0.0491. The van der Waals surface area contributed by atoms with Gasteiger partial charge in [0.05, 0.1) is 6.54 Å². The summed E-state index contributed by atoms with van der Waals surface area (Å²) < 4.78 is 0. The molecule has 0 bridgehead atoms. The molecule has 2 aromatic rings. The molecule has 16 nitrogen and oxygen atoms in total. The molecule has 1 saturated heterocycles. The van der Waals surface area contributed by atoms with E-state index in [4.69, 9.17) is 11.5 Å². The average molecular weight is 834 g/mol. The minimum Gasteiger partial charge on any atom is -0.345 e. The van der Waals surface area contributed by atoms with Gasteiger partial charge in [0.2, 0.25) is 41.4 Å². The smallest absolute Gasteiger partial charge is 0.243 e. The fourth-order valence-corrected chi connectivity index (χ4v) is 6.94. The van der Waals surface area contributed by atoms with Gasteiger partial charge in [-0.05, 0) is 87.4 Å². The summed E-state index contributed by atoms with van der Waals surface area (Å²) in [5, 5.41) is 19.4. The fourth-order valence-electron chi connectivity index (χ4n) is 6.94. The highest BCUT2D eigenvalue weighted by atomic mass is 16.2. The van der Waals surface area contributed by atoms with Crippen molar-refractivity contribution in [2.24, 2.45) is 23.3 Å². The van der Waals surface area contributed by atoms with Gasteiger partial charge >= 0.3 is 0 Å². The Morgan fingerprint density at radius 2 is 0.817 bits per heavy atom. The Bertz CT molecular complexity index is 1690. The van der Waals surface area contributed by atoms with Crippen LogP contribution in [0.15, 0.2) is 60.7 Å². The maximum atomic E-state index is 14.3. The molecule has 0 spiro atoms. The van der Waals surface area contributed by atoms with Gasteiger partial charge in [-0.15, -0.1) is 0 Å². The third kappa shape index (κ3) is 17.5. The summed E-state index contributed by atoms with van der Waals surface area (Å²) in [4.78, 5) is 97.7. The third-order valence-electron chi connectivity index (χ3n) is 10.1. The van der Waals surface area contributed by atoms with E-state index in [9.17, 15) is 33.6 Å². The molecule has 1 heterocycles. The molecule has 3 rings (SSSR count). The number of amides is 7. The van der Waals surface area contributed by atoms with Crippen LogP contribution in [-0.2, 0) is 46.4 Å². The van der Waals surface area contributed by atoms with E-state index in [1.54, 1.807) is 36.4 Å². The number of carbonyl (C=O) groups is 7. The van der Waals surface area contributed by atoms with Crippen LogP contribution >= 0.6 is 0 Å². The number of nitrogens with one attached hydrogen (secondary N) is 7. The maximum absolute atomic E-state index is 14.3. The van der Waals surface area contributed by atoms with Crippen LogP contribution < -0.4 is 48.7 Å².